The molecule has 0 aliphatic rings. The zero-order valence-corrected chi connectivity index (χ0v) is 9.80. The highest BCUT2D eigenvalue weighted by Gasteiger charge is 2.27. The van der Waals surface area contributed by atoms with Crippen LogP contribution in [0, 0.1) is 21.4 Å². The van der Waals surface area contributed by atoms with E-state index in [0.717, 1.165) is 6.07 Å². The molecule has 0 aliphatic carbocycles. The molecule has 0 fully saturated rings. The van der Waals surface area contributed by atoms with E-state index >= 15 is 0 Å². The van der Waals surface area contributed by atoms with Crippen molar-refractivity contribution in [2.45, 2.75) is 6.92 Å². The van der Waals surface area contributed by atoms with E-state index in [1.165, 1.54) is 13.2 Å². The van der Waals surface area contributed by atoms with Crippen LogP contribution in [0.4, 0.5) is 5.69 Å². The largest absolute Gasteiger partial charge is 0.490 e. The smallest absolute Gasteiger partial charge is 0.343 e. The summed E-state index contributed by atoms with van der Waals surface area (Å²) in [4.78, 5) is 21.8. The third kappa shape index (κ3) is 2.38. The highest BCUT2D eigenvalue weighted by atomic mass is 16.6. The quantitative estimate of drug-likeness (QED) is 0.457. The molecule has 1 aromatic carbocycles. The first-order valence-corrected chi connectivity index (χ1v) is 4.99. The molecule has 0 heterocycles. The van der Waals surface area contributed by atoms with E-state index in [0.29, 0.717) is 0 Å². The predicted molar refractivity (Wildman–Crippen MR) is 60.3 cm³/mol. The summed E-state index contributed by atoms with van der Waals surface area (Å²) in [6.07, 6.45) is 0. The van der Waals surface area contributed by atoms with Gasteiger partial charge in [0.2, 0.25) is 5.75 Å². The van der Waals surface area contributed by atoms with Gasteiger partial charge in [0.05, 0.1) is 24.2 Å². The molecule has 7 nitrogen and oxygen atoms in total. The molecule has 0 amide bonds. The summed E-state index contributed by atoms with van der Waals surface area (Å²) in [7, 11) is 1.19. The molecule has 0 aromatic heterocycles. The Labute approximate surface area is 103 Å². The van der Waals surface area contributed by atoms with E-state index in [4.69, 9.17) is 14.7 Å². The maximum Gasteiger partial charge on any atom is 0.343 e. The number of nitriles is 1. The second-order valence-corrected chi connectivity index (χ2v) is 3.13. The van der Waals surface area contributed by atoms with Gasteiger partial charge < -0.3 is 9.47 Å². The van der Waals surface area contributed by atoms with Gasteiger partial charge >= 0.3 is 11.7 Å². The number of carbonyl (C=O) groups is 1. The Hall–Kier alpha value is -2.62. The molecule has 1 aromatic rings. The number of nitro benzene ring substituents is 1. The number of nitro groups is 1. The molecule has 94 valence electrons. The van der Waals surface area contributed by atoms with E-state index < -0.39 is 10.9 Å². The van der Waals surface area contributed by atoms with Crippen molar-refractivity contribution < 1.29 is 19.2 Å². The van der Waals surface area contributed by atoms with Crippen LogP contribution in [0.15, 0.2) is 12.1 Å². The fraction of sp³-hybridized carbons (Fsp3) is 0.273. The predicted octanol–water partition coefficient (Wildman–Crippen LogP) is 1.65. The van der Waals surface area contributed by atoms with Gasteiger partial charge in [-0.3, -0.25) is 10.1 Å². The van der Waals surface area contributed by atoms with Gasteiger partial charge in [-0.05, 0) is 13.0 Å². The monoisotopic (exact) mass is 250 g/mol. The number of ether oxygens (including phenoxy) is 2. The summed E-state index contributed by atoms with van der Waals surface area (Å²) >= 11 is 0. The Morgan fingerprint density at radius 2 is 2.22 bits per heavy atom. The van der Waals surface area contributed by atoms with Gasteiger partial charge in [-0.25, -0.2) is 4.79 Å². The Bertz CT molecular complexity index is 533. The lowest BCUT2D eigenvalue weighted by molar-refractivity contribution is -0.385. The molecular weight excluding hydrogens is 240 g/mol. The molecule has 18 heavy (non-hydrogen) atoms. The summed E-state index contributed by atoms with van der Waals surface area (Å²) in [5.74, 6) is -1.09. The molecule has 0 aliphatic heterocycles. The van der Waals surface area contributed by atoms with E-state index in [2.05, 4.69) is 0 Å². The lowest BCUT2D eigenvalue weighted by atomic mass is 10.1. The molecule has 7 heteroatoms. The fourth-order valence-corrected chi connectivity index (χ4v) is 1.42. The van der Waals surface area contributed by atoms with Crippen LogP contribution in [0.2, 0.25) is 0 Å². The van der Waals surface area contributed by atoms with Crippen LogP contribution in [0.1, 0.15) is 22.8 Å². The van der Waals surface area contributed by atoms with Gasteiger partial charge in [0, 0.05) is 6.07 Å². The van der Waals surface area contributed by atoms with Crippen molar-refractivity contribution in [1.82, 2.24) is 0 Å². The average molecular weight is 250 g/mol. The summed E-state index contributed by atoms with van der Waals surface area (Å²) in [6, 6.07) is 4.07. The maximum absolute atomic E-state index is 11.7. The minimum Gasteiger partial charge on any atom is -0.490 e. The topological polar surface area (TPSA) is 102 Å². The second-order valence-electron chi connectivity index (χ2n) is 3.13. The summed E-state index contributed by atoms with van der Waals surface area (Å²) in [5.41, 5.74) is -0.647. The van der Waals surface area contributed by atoms with Crippen LogP contribution in [0.5, 0.6) is 5.75 Å². The van der Waals surface area contributed by atoms with Gasteiger partial charge in [0.15, 0.2) is 0 Å². The molecule has 0 spiro atoms. The summed E-state index contributed by atoms with van der Waals surface area (Å²) in [6.45, 7) is 1.68. The van der Waals surface area contributed by atoms with Crippen molar-refractivity contribution in [3.8, 4) is 11.8 Å². The zero-order chi connectivity index (χ0) is 13.7. The minimum absolute atomic E-state index is 0.0316. The fourth-order valence-electron chi connectivity index (χ4n) is 1.42. The first-order valence-electron chi connectivity index (χ1n) is 4.99. The van der Waals surface area contributed by atoms with Crippen molar-refractivity contribution in [3.05, 3.63) is 33.4 Å². The summed E-state index contributed by atoms with van der Waals surface area (Å²) < 4.78 is 9.61. The lowest BCUT2D eigenvalue weighted by Gasteiger charge is -2.09. The molecule has 0 bridgehead atoms. The standard InChI is InChI=1S/C11H10N2O5/c1-3-18-11(14)9-7(6-12)4-5-8(13(15)16)10(9)17-2/h4-5H,3H2,1-2H3. The molecule has 0 radical (unpaired) electrons. The molecule has 0 saturated carbocycles. The minimum atomic E-state index is -0.824. The number of carbonyl (C=O) groups excluding carboxylic acids is 1. The first-order chi connectivity index (χ1) is 8.56. The summed E-state index contributed by atoms with van der Waals surface area (Å²) in [5, 5.41) is 19.7. The maximum atomic E-state index is 11.7. The van der Waals surface area contributed by atoms with Gasteiger partial charge in [-0.15, -0.1) is 0 Å². The molecule has 0 unspecified atom stereocenters. The highest BCUT2D eigenvalue weighted by Crippen LogP contribution is 2.33. The Kier molecular flexibility index (Phi) is 4.21. The van der Waals surface area contributed by atoms with E-state index in [1.807, 2.05) is 0 Å². The van der Waals surface area contributed by atoms with E-state index in [-0.39, 0.29) is 29.2 Å². The van der Waals surface area contributed by atoms with E-state index in [1.54, 1.807) is 13.0 Å². The van der Waals surface area contributed by atoms with Gasteiger partial charge in [0.1, 0.15) is 11.6 Å². The van der Waals surface area contributed by atoms with Crippen molar-refractivity contribution in [2.75, 3.05) is 13.7 Å². The second kappa shape index (κ2) is 5.63. The van der Waals surface area contributed by atoms with Crippen molar-refractivity contribution in [2.24, 2.45) is 0 Å². The molecular formula is C11H10N2O5. The van der Waals surface area contributed by atoms with E-state index in [9.17, 15) is 14.9 Å². The number of methoxy groups -OCH3 is 1. The molecule has 1 rings (SSSR count). The Morgan fingerprint density at radius 1 is 1.56 bits per heavy atom. The van der Waals surface area contributed by atoms with Gasteiger partial charge in [-0.1, -0.05) is 0 Å². The van der Waals surface area contributed by atoms with Crippen LogP contribution in [-0.4, -0.2) is 24.6 Å². The number of esters is 1. The number of nitrogens with zero attached hydrogens (tertiary/aromatic N) is 2. The van der Waals surface area contributed by atoms with Crippen LogP contribution in [0.25, 0.3) is 0 Å². The first kappa shape index (κ1) is 13.4. The van der Waals surface area contributed by atoms with Crippen LogP contribution < -0.4 is 4.74 Å². The van der Waals surface area contributed by atoms with Crippen LogP contribution in [-0.2, 0) is 4.74 Å². The molecule has 0 saturated heterocycles. The molecule has 0 atom stereocenters. The van der Waals surface area contributed by atoms with Gasteiger partial charge in [-0.2, -0.15) is 5.26 Å². The number of hydrogen-bond acceptors (Lipinski definition) is 6. The van der Waals surface area contributed by atoms with Crippen LogP contribution >= 0.6 is 0 Å². The normalized spacial score (nSPS) is 9.39. The van der Waals surface area contributed by atoms with Crippen molar-refractivity contribution in [1.29, 1.82) is 5.26 Å². The third-order valence-corrected chi connectivity index (χ3v) is 2.14. The van der Waals surface area contributed by atoms with Crippen molar-refractivity contribution >= 4 is 11.7 Å². The lowest BCUT2D eigenvalue weighted by Crippen LogP contribution is -2.10. The Morgan fingerprint density at radius 3 is 2.67 bits per heavy atom. The SMILES string of the molecule is CCOC(=O)c1c(C#N)ccc([N+](=O)[O-])c1OC. The zero-order valence-electron chi connectivity index (χ0n) is 9.80. The number of benzene rings is 1. The average Bonchev–Trinajstić information content (AvgIpc) is 2.36. The number of hydrogen-bond donors (Lipinski definition) is 0. The van der Waals surface area contributed by atoms with Gasteiger partial charge in [0.25, 0.3) is 0 Å². The number of rotatable bonds is 4. The van der Waals surface area contributed by atoms with Crippen molar-refractivity contribution in [3.63, 3.8) is 0 Å². The van der Waals surface area contributed by atoms with Crippen LogP contribution in [0.3, 0.4) is 0 Å². The third-order valence-electron chi connectivity index (χ3n) is 2.14. The highest BCUT2D eigenvalue weighted by molar-refractivity contribution is 5.96. The Balaban J connectivity index is 3.52. The molecule has 0 N–H and O–H groups in total.